The highest BCUT2D eigenvalue weighted by Crippen LogP contribution is 2.35. The molecule has 1 aliphatic rings. The molecule has 98 valence electrons. The summed E-state index contributed by atoms with van der Waals surface area (Å²) >= 11 is 0. The van der Waals surface area contributed by atoms with Crippen molar-refractivity contribution < 1.29 is 4.74 Å². The van der Waals surface area contributed by atoms with Gasteiger partial charge >= 0.3 is 0 Å². The monoisotopic (exact) mass is 239 g/mol. The largest absolute Gasteiger partial charge is 0.383 e. The zero-order chi connectivity index (χ0) is 12.7. The molecule has 0 bridgehead atoms. The summed E-state index contributed by atoms with van der Waals surface area (Å²) in [7, 11) is 3.59. The zero-order valence-electron chi connectivity index (χ0n) is 11.3. The van der Waals surface area contributed by atoms with Gasteiger partial charge in [-0.1, -0.05) is 0 Å². The Morgan fingerprint density at radius 2 is 2.18 bits per heavy atom. The third-order valence-electron chi connectivity index (χ3n) is 3.67. The smallest absolute Gasteiger partial charge is 0.0962 e. The van der Waals surface area contributed by atoms with Crippen molar-refractivity contribution in [3.05, 3.63) is 0 Å². The summed E-state index contributed by atoms with van der Waals surface area (Å²) in [6.07, 6.45) is 3.60. The van der Waals surface area contributed by atoms with E-state index >= 15 is 0 Å². The minimum atomic E-state index is -0.0357. The average Bonchev–Trinajstić information content (AvgIpc) is 3.17. The van der Waals surface area contributed by atoms with Crippen molar-refractivity contribution in [2.45, 2.75) is 38.3 Å². The summed E-state index contributed by atoms with van der Waals surface area (Å²) in [5, 5.41) is 11.9. The molecule has 1 saturated carbocycles. The van der Waals surface area contributed by atoms with Gasteiger partial charge in [0.25, 0.3) is 0 Å². The van der Waals surface area contributed by atoms with Gasteiger partial charge in [0.15, 0.2) is 0 Å². The molecule has 0 aliphatic heterocycles. The average molecular weight is 239 g/mol. The number of nitrogens with one attached hydrogen (secondary N) is 1. The molecule has 1 N–H and O–H groups in total. The first-order chi connectivity index (χ1) is 8.22. The van der Waals surface area contributed by atoms with E-state index in [1.165, 1.54) is 12.8 Å². The number of nitrogens with zero attached hydrogens (tertiary/aromatic N) is 2. The van der Waals surface area contributed by atoms with Gasteiger partial charge in [-0.2, -0.15) is 5.26 Å². The Balaban J connectivity index is 2.36. The van der Waals surface area contributed by atoms with Crippen molar-refractivity contribution in [2.24, 2.45) is 5.92 Å². The summed E-state index contributed by atoms with van der Waals surface area (Å²) in [6, 6.07) is 2.87. The first kappa shape index (κ1) is 14.4. The molecule has 0 spiro atoms. The van der Waals surface area contributed by atoms with Gasteiger partial charge in [0.05, 0.1) is 18.7 Å². The minimum Gasteiger partial charge on any atom is -0.383 e. The Labute approximate surface area is 105 Å². The zero-order valence-corrected chi connectivity index (χ0v) is 11.3. The fourth-order valence-electron chi connectivity index (χ4n) is 2.17. The molecule has 1 fully saturated rings. The summed E-state index contributed by atoms with van der Waals surface area (Å²) in [5.41, 5.74) is 0. The molecular weight excluding hydrogens is 214 g/mol. The van der Waals surface area contributed by atoms with Crippen LogP contribution in [0.15, 0.2) is 0 Å². The van der Waals surface area contributed by atoms with Crippen LogP contribution in [-0.2, 0) is 4.74 Å². The Morgan fingerprint density at radius 1 is 1.47 bits per heavy atom. The molecule has 4 heteroatoms. The van der Waals surface area contributed by atoms with Crippen LogP contribution in [0.2, 0.25) is 0 Å². The summed E-state index contributed by atoms with van der Waals surface area (Å²) in [6.45, 7) is 5.01. The highest BCUT2D eigenvalue weighted by Gasteiger charge is 2.31. The first-order valence-electron chi connectivity index (χ1n) is 6.52. The second-order valence-corrected chi connectivity index (χ2v) is 4.87. The molecule has 0 radical (unpaired) electrons. The van der Waals surface area contributed by atoms with Crippen LogP contribution >= 0.6 is 0 Å². The van der Waals surface area contributed by atoms with E-state index in [0.717, 1.165) is 32.0 Å². The quantitative estimate of drug-likeness (QED) is 0.657. The summed E-state index contributed by atoms with van der Waals surface area (Å²) in [4.78, 5) is 2.46. The van der Waals surface area contributed by atoms with Crippen LogP contribution in [0.1, 0.15) is 26.2 Å². The van der Waals surface area contributed by atoms with E-state index in [2.05, 4.69) is 23.2 Å². The highest BCUT2D eigenvalue weighted by molar-refractivity contribution is 4.91. The summed E-state index contributed by atoms with van der Waals surface area (Å²) in [5.74, 6) is 0.863. The van der Waals surface area contributed by atoms with Crippen LogP contribution in [0.5, 0.6) is 0 Å². The first-order valence-corrected chi connectivity index (χ1v) is 6.52. The lowest BCUT2D eigenvalue weighted by Crippen LogP contribution is -2.40. The predicted octanol–water partition coefficient (Wildman–Crippen LogP) is 1.23. The van der Waals surface area contributed by atoms with Gasteiger partial charge in [-0.3, -0.25) is 4.90 Å². The topological polar surface area (TPSA) is 48.3 Å². The van der Waals surface area contributed by atoms with Gasteiger partial charge in [0, 0.05) is 26.2 Å². The number of methoxy groups -OCH3 is 1. The SMILES string of the molecule is CNC(C#N)CCN(CCOC)C(C)C1CC1. The van der Waals surface area contributed by atoms with Gasteiger partial charge in [0.1, 0.15) is 0 Å². The van der Waals surface area contributed by atoms with Crippen molar-refractivity contribution in [1.29, 1.82) is 5.26 Å². The fourth-order valence-corrected chi connectivity index (χ4v) is 2.17. The van der Waals surface area contributed by atoms with E-state index in [9.17, 15) is 0 Å². The van der Waals surface area contributed by atoms with Gasteiger partial charge in [-0.25, -0.2) is 0 Å². The molecule has 1 aliphatic carbocycles. The lowest BCUT2D eigenvalue weighted by molar-refractivity contribution is 0.115. The van der Waals surface area contributed by atoms with Crippen LogP contribution in [-0.4, -0.2) is 50.8 Å². The normalized spacial score (nSPS) is 19.0. The highest BCUT2D eigenvalue weighted by atomic mass is 16.5. The number of nitriles is 1. The Morgan fingerprint density at radius 3 is 2.65 bits per heavy atom. The van der Waals surface area contributed by atoms with E-state index in [1.807, 2.05) is 7.05 Å². The molecule has 4 nitrogen and oxygen atoms in total. The number of ether oxygens (including phenoxy) is 1. The molecule has 2 atom stereocenters. The fraction of sp³-hybridized carbons (Fsp3) is 0.923. The third-order valence-corrected chi connectivity index (χ3v) is 3.67. The van der Waals surface area contributed by atoms with Crippen molar-refractivity contribution >= 4 is 0 Å². The summed E-state index contributed by atoms with van der Waals surface area (Å²) < 4.78 is 5.16. The van der Waals surface area contributed by atoms with Gasteiger partial charge in [-0.15, -0.1) is 0 Å². The van der Waals surface area contributed by atoms with E-state index in [1.54, 1.807) is 7.11 Å². The molecule has 0 aromatic heterocycles. The second kappa shape index (κ2) is 7.65. The van der Waals surface area contributed by atoms with Gasteiger partial charge in [0.2, 0.25) is 0 Å². The molecule has 1 rings (SSSR count). The molecule has 0 heterocycles. The lowest BCUT2D eigenvalue weighted by atomic mass is 10.1. The maximum absolute atomic E-state index is 8.92. The van der Waals surface area contributed by atoms with Crippen molar-refractivity contribution in [1.82, 2.24) is 10.2 Å². The molecule has 17 heavy (non-hydrogen) atoms. The molecule has 0 aromatic carbocycles. The van der Waals surface area contributed by atoms with Crippen LogP contribution in [0, 0.1) is 17.2 Å². The van der Waals surface area contributed by atoms with Gasteiger partial charge in [-0.05, 0) is 39.2 Å². The molecule has 2 unspecified atom stereocenters. The van der Waals surface area contributed by atoms with E-state index in [0.29, 0.717) is 6.04 Å². The van der Waals surface area contributed by atoms with Crippen molar-refractivity contribution in [2.75, 3.05) is 33.9 Å². The molecule has 0 amide bonds. The van der Waals surface area contributed by atoms with E-state index in [4.69, 9.17) is 10.00 Å². The molecular formula is C13H25N3O. The van der Waals surface area contributed by atoms with Gasteiger partial charge < -0.3 is 10.1 Å². The minimum absolute atomic E-state index is 0.0357. The standard InChI is InChI=1S/C13H25N3O/c1-11(12-4-5-12)16(8-9-17-3)7-6-13(10-14)15-2/h11-13,15H,4-9H2,1-3H3. The molecule has 0 aromatic rings. The predicted molar refractivity (Wildman–Crippen MR) is 68.7 cm³/mol. The van der Waals surface area contributed by atoms with Crippen LogP contribution < -0.4 is 5.32 Å². The lowest BCUT2D eigenvalue weighted by Gasteiger charge is -2.29. The maximum Gasteiger partial charge on any atom is 0.0962 e. The van der Waals surface area contributed by atoms with Crippen molar-refractivity contribution in [3.63, 3.8) is 0 Å². The van der Waals surface area contributed by atoms with Crippen LogP contribution in [0.3, 0.4) is 0 Å². The Kier molecular flexibility index (Phi) is 6.49. The van der Waals surface area contributed by atoms with E-state index < -0.39 is 0 Å². The third kappa shape index (κ3) is 5.03. The maximum atomic E-state index is 8.92. The van der Waals surface area contributed by atoms with Crippen LogP contribution in [0.25, 0.3) is 0 Å². The number of rotatable bonds is 9. The number of hydrogen-bond acceptors (Lipinski definition) is 4. The van der Waals surface area contributed by atoms with Crippen LogP contribution in [0.4, 0.5) is 0 Å². The van der Waals surface area contributed by atoms with E-state index in [-0.39, 0.29) is 6.04 Å². The Hall–Kier alpha value is -0.630. The Bertz CT molecular complexity index is 248. The number of hydrogen-bond donors (Lipinski definition) is 1. The van der Waals surface area contributed by atoms with Crippen molar-refractivity contribution in [3.8, 4) is 6.07 Å². The second-order valence-electron chi connectivity index (χ2n) is 4.87. The molecule has 0 saturated heterocycles.